The molecule has 3 heteroatoms. The first kappa shape index (κ1) is 9.16. The van der Waals surface area contributed by atoms with Crippen LogP contribution >= 0.6 is 15.9 Å². The Morgan fingerprint density at radius 1 is 1.54 bits per heavy atom. The molecule has 0 radical (unpaired) electrons. The van der Waals surface area contributed by atoms with Crippen LogP contribution in [-0.4, -0.2) is 16.7 Å². The van der Waals surface area contributed by atoms with E-state index in [2.05, 4.69) is 20.9 Å². The molecule has 0 aliphatic heterocycles. The van der Waals surface area contributed by atoms with Gasteiger partial charge < -0.3 is 5.11 Å². The number of hydrogen-bond donors (Lipinski definition) is 1. The fraction of sp³-hybridized carbons (Fsp3) is 0.500. The molecule has 2 nitrogen and oxygen atoms in total. The number of aromatic nitrogens is 1. The molecule has 0 aromatic carbocycles. The third kappa shape index (κ3) is 1.92. The minimum atomic E-state index is 0.184. The van der Waals surface area contributed by atoms with Gasteiger partial charge in [0.15, 0.2) is 0 Å². The molecular formula is C10H12BrNO. The number of rotatable bonds is 3. The van der Waals surface area contributed by atoms with Crippen molar-refractivity contribution < 1.29 is 5.11 Å². The smallest absolute Gasteiger partial charge is 0.0490 e. The molecule has 2 rings (SSSR count). The first-order chi connectivity index (χ1) is 6.26. The summed E-state index contributed by atoms with van der Waals surface area (Å²) in [6.07, 6.45) is 6.87. The van der Waals surface area contributed by atoms with E-state index in [9.17, 15) is 5.11 Å². The molecule has 0 saturated heterocycles. The molecule has 1 saturated carbocycles. The van der Waals surface area contributed by atoms with Crippen molar-refractivity contribution in [2.75, 3.05) is 6.61 Å². The molecule has 1 aromatic heterocycles. The maximum absolute atomic E-state index is 9.18. The largest absolute Gasteiger partial charge is 0.396 e. The van der Waals surface area contributed by atoms with Gasteiger partial charge in [-0.3, -0.25) is 4.98 Å². The van der Waals surface area contributed by atoms with Crippen LogP contribution in [-0.2, 0) is 6.42 Å². The Labute approximate surface area is 86.1 Å². The summed E-state index contributed by atoms with van der Waals surface area (Å²) in [5, 5.41) is 9.18. The van der Waals surface area contributed by atoms with Crippen molar-refractivity contribution in [1.82, 2.24) is 4.98 Å². The van der Waals surface area contributed by atoms with E-state index in [1.54, 1.807) is 6.20 Å². The molecule has 1 fully saturated rings. The topological polar surface area (TPSA) is 33.1 Å². The summed E-state index contributed by atoms with van der Waals surface area (Å²) in [7, 11) is 0. The summed E-state index contributed by atoms with van der Waals surface area (Å²) in [5.41, 5.74) is 1.44. The van der Waals surface area contributed by atoms with Gasteiger partial charge in [0.1, 0.15) is 0 Å². The third-order valence-corrected chi connectivity index (χ3v) is 3.43. The normalized spacial score (nSPS) is 18.6. The van der Waals surface area contributed by atoms with E-state index in [0.717, 1.165) is 23.7 Å². The minimum absolute atomic E-state index is 0.184. The first-order valence-corrected chi connectivity index (χ1v) is 5.24. The van der Waals surface area contributed by atoms with Gasteiger partial charge in [0.2, 0.25) is 0 Å². The van der Waals surface area contributed by atoms with Crippen LogP contribution < -0.4 is 0 Å². The lowest BCUT2D eigenvalue weighted by Gasteiger charge is -2.11. The molecule has 0 amide bonds. The lowest BCUT2D eigenvalue weighted by molar-refractivity contribution is 0.211. The average Bonchev–Trinajstić information content (AvgIpc) is 2.90. The Morgan fingerprint density at radius 2 is 2.31 bits per heavy atom. The first-order valence-electron chi connectivity index (χ1n) is 4.45. The van der Waals surface area contributed by atoms with E-state index in [-0.39, 0.29) is 5.41 Å². The number of nitrogens with zero attached hydrogens (tertiary/aromatic N) is 1. The van der Waals surface area contributed by atoms with Gasteiger partial charge in [0, 0.05) is 23.5 Å². The Balaban J connectivity index is 2.14. The number of aliphatic hydroxyl groups excluding tert-OH is 1. The van der Waals surface area contributed by atoms with Gasteiger partial charge in [-0.15, -0.1) is 0 Å². The standard InChI is InChI=1S/C10H12BrNO/c11-9-6-12-4-1-8(9)5-10(7-13)2-3-10/h1,4,6,13H,2-3,5,7H2. The maximum atomic E-state index is 9.18. The highest BCUT2D eigenvalue weighted by Gasteiger charge is 2.42. The zero-order valence-corrected chi connectivity index (χ0v) is 8.92. The molecule has 70 valence electrons. The van der Waals surface area contributed by atoms with E-state index < -0.39 is 0 Å². The van der Waals surface area contributed by atoms with Gasteiger partial charge in [0.25, 0.3) is 0 Å². The van der Waals surface area contributed by atoms with Crippen molar-refractivity contribution in [1.29, 1.82) is 0 Å². The molecule has 1 aliphatic carbocycles. The number of hydrogen-bond acceptors (Lipinski definition) is 2. The predicted octanol–water partition coefficient (Wildman–Crippen LogP) is 2.16. The predicted molar refractivity (Wildman–Crippen MR) is 54.4 cm³/mol. The minimum Gasteiger partial charge on any atom is -0.396 e. The van der Waals surface area contributed by atoms with Crippen LogP contribution in [0, 0.1) is 5.41 Å². The summed E-state index contributed by atoms with van der Waals surface area (Å²) in [5.74, 6) is 0. The summed E-state index contributed by atoms with van der Waals surface area (Å²) in [6, 6.07) is 2.01. The molecule has 13 heavy (non-hydrogen) atoms. The second kappa shape index (κ2) is 3.39. The van der Waals surface area contributed by atoms with Gasteiger partial charge in [0.05, 0.1) is 0 Å². The average molecular weight is 242 g/mol. The lowest BCUT2D eigenvalue weighted by Crippen LogP contribution is -2.10. The van der Waals surface area contributed by atoms with Crippen LogP contribution in [0.15, 0.2) is 22.9 Å². The third-order valence-electron chi connectivity index (χ3n) is 2.71. The molecule has 1 aromatic rings. The lowest BCUT2D eigenvalue weighted by atomic mass is 9.98. The fourth-order valence-electron chi connectivity index (χ4n) is 1.52. The highest BCUT2D eigenvalue weighted by molar-refractivity contribution is 9.10. The molecule has 1 heterocycles. The maximum Gasteiger partial charge on any atom is 0.0490 e. The zero-order chi connectivity index (χ0) is 9.31. The fourth-order valence-corrected chi connectivity index (χ4v) is 1.91. The van der Waals surface area contributed by atoms with Crippen LogP contribution in [0.5, 0.6) is 0 Å². The van der Waals surface area contributed by atoms with Crippen molar-refractivity contribution in [3.63, 3.8) is 0 Å². The van der Waals surface area contributed by atoms with Crippen LogP contribution in [0.3, 0.4) is 0 Å². The Bertz CT molecular complexity index is 310. The molecular weight excluding hydrogens is 230 g/mol. The van der Waals surface area contributed by atoms with Gasteiger partial charge in [-0.1, -0.05) is 0 Å². The van der Waals surface area contributed by atoms with Crippen molar-refractivity contribution in [2.24, 2.45) is 5.41 Å². The second-order valence-electron chi connectivity index (χ2n) is 3.80. The van der Waals surface area contributed by atoms with E-state index in [1.807, 2.05) is 12.3 Å². The highest BCUT2D eigenvalue weighted by Crippen LogP contribution is 2.48. The number of pyridine rings is 1. The molecule has 0 spiro atoms. The van der Waals surface area contributed by atoms with Crippen LogP contribution in [0.25, 0.3) is 0 Å². The van der Waals surface area contributed by atoms with E-state index in [0.29, 0.717) is 6.61 Å². The second-order valence-corrected chi connectivity index (χ2v) is 4.66. The van der Waals surface area contributed by atoms with Gasteiger partial charge >= 0.3 is 0 Å². The highest BCUT2D eigenvalue weighted by atomic mass is 79.9. The Hall–Kier alpha value is -0.410. The Morgan fingerprint density at radius 3 is 2.85 bits per heavy atom. The molecule has 1 N–H and O–H groups in total. The summed E-state index contributed by atoms with van der Waals surface area (Å²) < 4.78 is 1.05. The molecule has 0 unspecified atom stereocenters. The number of aliphatic hydroxyl groups is 1. The van der Waals surface area contributed by atoms with Crippen LogP contribution in [0.4, 0.5) is 0 Å². The van der Waals surface area contributed by atoms with Crippen molar-refractivity contribution in [3.05, 3.63) is 28.5 Å². The summed E-state index contributed by atoms with van der Waals surface area (Å²) in [6.45, 7) is 0.307. The monoisotopic (exact) mass is 241 g/mol. The Kier molecular flexibility index (Phi) is 2.39. The molecule has 1 aliphatic rings. The van der Waals surface area contributed by atoms with E-state index >= 15 is 0 Å². The SMILES string of the molecule is OCC1(Cc2ccncc2Br)CC1. The van der Waals surface area contributed by atoms with Gasteiger partial charge in [-0.05, 0) is 52.2 Å². The van der Waals surface area contributed by atoms with Crippen molar-refractivity contribution >= 4 is 15.9 Å². The summed E-state index contributed by atoms with van der Waals surface area (Å²) >= 11 is 3.46. The molecule has 0 bridgehead atoms. The van der Waals surface area contributed by atoms with E-state index in [4.69, 9.17) is 0 Å². The van der Waals surface area contributed by atoms with Gasteiger partial charge in [-0.2, -0.15) is 0 Å². The summed E-state index contributed by atoms with van der Waals surface area (Å²) in [4.78, 5) is 4.01. The van der Waals surface area contributed by atoms with Crippen molar-refractivity contribution in [2.45, 2.75) is 19.3 Å². The molecule has 0 atom stereocenters. The van der Waals surface area contributed by atoms with Crippen LogP contribution in [0.1, 0.15) is 18.4 Å². The van der Waals surface area contributed by atoms with E-state index in [1.165, 1.54) is 5.56 Å². The van der Waals surface area contributed by atoms with Crippen LogP contribution in [0.2, 0.25) is 0 Å². The van der Waals surface area contributed by atoms with Crippen molar-refractivity contribution in [3.8, 4) is 0 Å². The zero-order valence-electron chi connectivity index (χ0n) is 7.33. The quantitative estimate of drug-likeness (QED) is 0.880. The van der Waals surface area contributed by atoms with Gasteiger partial charge in [-0.25, -0.2) is 0 Å². The number of halogens is 1.